The van der Waals surface area contributed by atoms with Gasteiger partial charge in [0, 0.05) is 37.6 Å². The van der Waals surface area contributed by atoms with Crippen LogP contribution < -0.4 is 0 Å². The highest BCUT2D eigenvalue weighted by Gasteiger charge is 2.47. The summed E-state index contributed by atoms with van der Waals surface area (Å²) in [5.74, 6) is 1.55. The molecule has 3 rings (SSSR count). The normalized spacial score (nSPS) is 29.3. The van der Waals surface area contributed by atoms with Gasteiger partial charge in [-0.1, -0.05) is 19.8 Å². The van der Waals surface area contributed by atoms with Gasteiger partial charge in [-0.15, -0.1) is 0 Å². The number of ether oxygens (including phenoxy) is 1. The van der Waals surface area contributed by atoms with Crippen molar-refractivity contribution in [2.75, 3.05) is 26.3 Å². The molecule has 3 aliphatic rings. The molecule has 2 aliphatic heterocycles. The minimum atomic E-state index is 0.249. The Hall–Kier alpha value is -0.570. The smallest absolute Gasteiger partial charge is 0.225 e. The van der Waals surface area contributed by atoms with Crippen molar-refractivity contribution >= 4 is 5.91 Å². The van der Waals surface area contributed by atoms with E-state index >= 15 is 0 Å². The van der Waals surface area contributed by atoms with E-state index in [0.29, 0.717) is 11.3 Å². The molecule has 0 aromatic heterocycles. The van der Waals surface area contributed by atoms with Crippen LogP contribution in [-0.2, 0) is 9.53 Å². The fourth-order valence-corrected chi connectivity index (χ4v) is 3.81. The fraction of sp³-hybridized carbons (Fsp3) is 0.933. The molecule has 0 aromatic carbocycles. The Morgan fingerprint density at radius 3 is 2.33 bits per heavy atom. The summed E-state index contributed by atoms with van der Waals surface area (Å²) < 4.78 is 5.33. The van der Waals surface area contributed by atoms with Crippen molar-refractivity contribution in [1.29, 1.82) is 0 Å². The van der Waals surface area contributed by atoms with Gasteiger partial charge in [0.2, 0.25) is 5.91 Å². The quantitative estimate of drug-likeness (QED) is 0.716. The molecular weight excluding hydrogens is 226 g/mol. The lowest BCUT2D eigenvalue weighted by Crippen LogP contribution is -2.60. The molecule has 0 aromatic rings. The standard InChI is InChI=1S/C15H25NO2/c1-12-2-6-15(7-3-12)10-16(11-15)14(17)13-4-8-18-9-5-13/h12-13H,2-11H2,1H3. The van der Waals surface area contributed by atoms with Gasteiger partial charge in [0.05, 0.1) is 0 Å². The van der Waals surface area contributed by atoms with Gasteiger partial charge in [-0.25, -0.2) is 0 Å². The average Bonchev–Trinajstić information content (AvgIpc) is 2.38. The zero-order chi connectivity index (χ0) is 12.6. The zero-order valence-electron chi connectivity index (χ0n) is 11.5. The summed E-state index contributed by atoms with van der Waals surface area (Å²) in [7, 11) is 0. The first kappa shape index (κ1) is 12.5. The summed E-state index contributed by atoms with van der Waals surface area (Å²) in [6.45, 7) is 5.97. The van der Waals surface area contributed by atoms with Crippen LogP contribution in [0.1, 0.15) is 45.4 Å². The molecule has 1 spiro atoms. The zero-order valence-corrected chi connectivity index (χ0v) is 11.5. The van der Waals surface area contributed by atoms with E-state index in [4.69, 9.17) is 4.74 Å². The maximum Gasteiger partial charge on any atom is 0.225 e. The van der Waals surface area contributed by atoms with E-state index in [2.05, 4.69) is 11.8 Å². The molecule has 102 valence electrons. The van der Waals surface area contributed by atoms with Crippen LogP contribution in [0.3, 0.4) is 0 Å². The van der Waals surface area contributed by atoms with Crippen LogP contribution in [0.2, 0.25) is 0 Å². The minimum Gasteiger partial charge on any atom is -0.381 e. The molecule has 0 bridgehead atoms. The summed E-state index contributed by atoms with van der Waals surface area (Å²) >= 11 is 0. The summed E-state index contributed by atoms with van der Waals surface area (Å²) in [6, 6.07) is 0. The number of rotatable bonds is 1. The number of hydrogen-bond acceptors (Lipinski definition) is 2. The lowest BCUT2D eigenvalue weighted by molar-refractivity contribution is -0.153. The fourth-order valence-electron chi connectivity index (χ4n) is 3.81. The van der Waals surface area contributed by atoms with Crippen molar-refractivity contribution in [1.82, 2.24) is 4.90 Å². The van der Waals surface area contributed by atoms with E-state index in [1.165, 1.54) is 25.7 Å². The molecule has 0 unspecified atom stereocenters. The summed E-state index contributed by atoms with van der Waals surface area (Å²) in [5, 5.41) is 0. The highest BCUT2D eigenvalue weighted by atomic mass is 16.5. The van der Waals surface area contributed by atoms with Crippen LogP contribution in [0.25, 0.3) is 0 Å². The number of carbonyl (C=O) groups excluding carboxylic acids is 1. The second-order valence-electron chi connectivity index (χ2n) is 6.76. The molecule has 3 nitrogen and oxygen atoms in total. The van der Waals surface area contributed by atoms with Crippen molar-refractivity contribution < 1.29 is 9.53 Å². The first-order valence-corrected chi connectivity index (χ1v) is 7.55. The highest BCUT2D eigenvalue weighted by molar-refractivity contribution is 5.80. The van der Waals surface area contributed by atoms with E-state index < -0.39 is 0 Å². The van der Waals surface area contributed by atoms with Crippen molar-refractivity contribution in [2.45, 2.75) is 45.4 Å². The average molecular weight is 251 g/mol. The molecule has 0 N–H and O–H groups in total. The summed E-state index contributed by atoms with van der Waals surface area (Å²) in [6.07, 6.45) is 7.26. The minimum absolute atomic E-state index is 0.249. The van der Waals surface area contributed by atoms with Gasteiger partial charge >= 0.3 is 0 Å². The maximum absolute atomic E-state index is 12.3. The van der Waals surface area contributed by atoms with Crippen molar-refractivity contribution in [3.8, 4) is 0 Å². The molecule has 0 radical (unpaired) electrons. The summed E-state index contributed by atoms with van der Waals surface area (Å²) in [5.41, 5.74) is 0.507. The Morgan fingerprint density at radius 1 is 1.11 bits per heavy atom. The molecule has 1 amide bonds. The van der Waals surface area contributed by atoms with Gasteiger partial charge in [0.15, 0.2) is 0 Å². The Kier molecular flexibility index (Phi) is 3.35. The van der Waals surface area contributed by atoms with Gasteiger partial charge < -0.3 is 9.64 Å². The molecule has 2 saturated heterocycles. The maximum atomic E-state index is 12.3. The van der Waals surface area contributed by atoms with Gasteiger partial charge in [0.25, 0.3) is 0 Å². The summed E-state index contributed by atoms with van der Waals surface area (Å²) in [4.78, 5) is 14.5. The van der Waals surface area contributed by atoms with Crippen molar-refractivity contribution in [3.63, 3.8) is 0 Å². The van der Waals surface area contributed by atoms with E-state index in [9.17, 15) is 4.79 Å². The van der Waals surface area contributed by atoms with Crippen LogP contribution in [0.5, 0.6) is 0 Å². The SMILES string of the molecule is CC1CCC2(CC1)CN(C(=O)C1CCOCC1)C2. The van der Waals surface area contributed by atoms with E-state index in [-0.39, 0.29) is 5.92 Å². The predicted octanol–water partition coefficient (Wildman–Crippen LogP) is 2.45. The lowest BCUT2D eigenvalue weighted by atomic mass is 9.66. The van der Waals surface area contributed by atoms with Crippen LogP contribution in [0, 0.1) is 17.3 Å². The Labute approximate surface area is 110 Å². The number of nitrogens with zero attached hydrogens (tertiary/aromatic N) is 1. The number of carbonyl (C=O) groups is 1. The lowest BCUT2D eigenvalue weighted by Gasteiger charge is -2.54. The van der Waals surface area contributed by atoms with E-state index in [0.717, 1.165) is 45.1 Å². The van der Waals surface area contributed by atoms with Gasteiger partial charge in [-0.05, 0) is 31.6 Å². The Morgan fingerprint density at radius 2 is 1.72 bits per heavy atom. The van der Waals surface area contributed by atoms with Crippen LogP contribution >= 0.6 is 0 Å². The van der Waals surface area contributed by atoms with Gasteiger partial charge in [-0.2, -0.15) is 0 Å². The molecule has 3 fully saturated rings. The number of likely N-dealkylation sites (tertiary alicyclic amines) is 1. The molecule has 1 aliphatic carbocycles. The third-order valence-corrected chi connectivity index (χ3v) is 5.27. The molecule has 18 heavy (non-hydrogen) atoms. The third kappa shape index (κ3) is 2.29. The van der Waals surface area contributed by atoms with Crippen LogP contribution in [0.4, 0.5) is 0 Å². The van der Waals surface area contributed by atoms with Crippen LogP contribution in [-0.4, -0.2) is 37.1 Å². The Balaban J connectivity index is 1.50. The number of amides is 1. The highest BCUT2D eigenvalue weighted by Crippen LogP contribution is 2.46. The van der Waals surface area contributed by atoms with E-state index in [1.807, 2.05) is 0 Å². The van der Waals surface area contributed by atoms with Crippen molar-refractivity contribution in [3.05, 3.63) is 0 Å². The third-order valence-electron chi connectivity index (χ3n) is 5.27. The molecule has 1 saturated carbocycles. The molecule has 0 atom stereocenters. The second-order valence-corrected chi connectivity index (χ2v) is 6.76. The largest absolute Gasteiger partial charge is 0.381 e. The molecule has 3 heteroatoms. The first-order valence-electron chi connectivity index (χ1n) is 7.55. The molecular formula is C15H25NO2. The number of hydrogen-bond donors (Lipinski definition) is 0. The van der Waals surface area contributed by atoms with Gasteiger partial charge in [0.1, 0.15) is 0 Å². The topological polar surface area (TPSA) is 29.5 Å². The molecule has 2 heterocycles. The Bertz CT molecular complexity index is 306. The van der Waals surface area contributed by atoms with Crippen LogP contribution in [0.15, 0.2) is 0 Å². The first-order chi connectivity index (χ1) is 8.69. The van der Waals surface area contributed by atoms with Crippen molar-refractivity contribution in [2.24, 2.45) is 17.3 Å². The second kappa shape index (κ2) is 4.84. The van der Waals surface area contributed by atoms with E-state index in [1.54, 1.807) is 0 Å². The predicted molar refractivity (Wildman–Crippen MR) is 70.2 cm³/mol. The monoisotopic (exact) mass is 251 g/mol. The van der Waals surface area contributed by atoms with Gasteiger partial charge in [-0.3, -0.25) is 4.79 Å².